The second-order valence-electron chi connectivity index (χ2n) is 7.75. The molecule has 0 unspecified atom stereocenters. The Morgan fingerprint density at radius 1 is 0.914 bits per heavy atom. The number of benzene rings is 3. The highest BCUT2D eigenvalue weighted by Crippen LogP contribution is 2.22. The van der Waals surface area contributed by atoms with E-state index in [0.717, 1.165) is 16.7 Å². The van der Waals surface area contributed by atoms with Gasteiger partial charge in [-0.15, -0.1) is 10.2 Å². The first-order valence-electron chi connectivity index (χ1n) is 10.9. The van der Waals surface area contributed by atoms with E-state index in [2.05, 4.69) is 20.2 Å². The van der Waals surface area contributed by atoms with E-state index in [1.165, 1.54) is 11.3 Å². The molecule has 1 amide bonds. The standard InChI is InChI=1S/C26H24N4O3S2/c1-19-12-14-22(15-13-19)35(32,33)27-17-16-24-29-30-26(34-24)28-25(31)23(21-10-6-3-7-11-21)18-20-8-4-2-5-9-20/h2-15,18,27H,16-17H2,1H3,(H,28,30,31)/b23-18+. The second-order valence-corrected chi connectivity index (χ2v) is 10.6. The third-order valence-corrected chi connectivity index (χ3v) is 7.46. The van der Waals surface area contributed by atoms with Crippen LogP contribution in [0.25, 0.3) is 11.6 Å². The lowest BCUT2D eigenvalue weighted by Crippen LogP contribution is -2.25. The van der Waals surface area contributed by atoms with Crippen LogP contribution < -0.4 is 10.0 Å². The number of nitrogens with one attached hydrogen (secondary N) is 2. The van der Waals surface area contributed by atoms with Crippen molar-refractivity contribution in [1.82, 2.24) is 14.9 Å². The summed E-state index contributed by atoms with van der Waals surface area (Å²) in [5, 5.41) is 11.9. The van der Waals surface area contributed by atoms with Crippen LogP contribution in [0.3, 0.4) is 0 Å². The van der Waals surface area contributed by atoms with Crippen molar-refractivity contribution in [3.8, 4) is 0 Å². The average Bonchev–Trinajstić information content (AvgIpc) is 3.30. The number of aryl methyl sites for hydroxylation is 1. The van der Waals surface area contributed by atoms with Gasteiger partial charge in [0.05, 0.1) is 4.90 Å². The van der Waals surface area contributed by atoms with E-state index in [4.69, 9.17) is 0 Å². The number of aromatic nitrogens is 2. The minimum Gasteiger partial charge on any atom is -0.296 e. The van der Waals surface area contributed by atoms with Crippen molar-refractivity contribution in [3.05, 3.63) is 107 Å². The van der Waals surface area contributed by atoms with Crippen LogP contribution in [-0.4, -0.2) is 31.1 Å². The highest BCUT2D eigenvalue weighted by atomic mass is 32.2. The maximum atomic E-state index is 13.1. The van der Waals surface area contributed by atoms with E-state index >= 15 is 0 Å². The largest absolute Gasteiger partial charge is 0.296 e. The molecule has 178 valence electrons. The van der Waals surface area contributed by atoms with Crippen LogP contribution in [0.1, 0.15) is 21.7 Å². The number of sulfonamides is 1. The molecular formula is C26H24N4O3S2. The summed E-state index contributed by atoms with van der Waals surface area (Å²) in [6, 6.07) is 25.7. The van der Waals surface area contributed by atoms with Crippen molar-refractivity contribution in [2.75, 3.05) is 11.9 Å². The summed E-state index contributed by atoms with van der Waals surface area (Å²) in [7, 11) is -3.60. The lowest BCUT2D eigenvalue weighted by atomic mass is 10.0. The fourth-order valence-electron chi connectivity index (χ4n) is 3.28. The first-order chi connectivity index (χ1) is 16.9. The maximum absolute atomic E-state index is 13.1. The van der Waals surface area contributed by atoms with E-state index in [9.17, 15) is 13.2 Å². The Kier molecular flexibility index (Phi) is 7.81. The lowest BCUT2D eigenvalue weighted by Gasteiger charge is -2.08. The van der Waals surface area contributed by atoms with Crippen molar-refractivity contribution < 1.29 is 13.2 Å². The van der Waals surface area contributed by atoms with Gasteiger partial charge in [0.1, 0.15) is 5.01 Å². The van der Waals surface area contributed by atoms with Crippen molar-refractivity contribution in [2.45, 2.75) is 18.2 Å². The number of anilines is 1. The van der Waals surface area contributed by atoms with Gasteiger partial charge in [0.15, 0.2) is 0 Å². The first-order valence-corrected chi connectivity index (χ1v) is 13.2. The SMILES string of the molecule is Cc1ccc(S(=O)(=O)NCCc2nnc(NC(=O)/C(=C/c3ccccc3)c3ccccc3)s2)cc1. The lowest BCUT2D eigenvalue weighted by molar-refractivity contribution is -0.111. The molecule has 0 aliphatic heterocycles. The summed E-state index contributed by atoms with van der Waals surface area (Å²) in [6.07, 6.45) is 2.18. The molecular weight excluding hydrogens is 480 g/mol. The zero-order valence-corrected chi connectivity index (χ0v) is 20.6. The summed E-state index contributed by atoms with van der Waals surface area (Å²) < 4.78 is 27.4. The molecule has 35 heavy (non-hydrogen) atoms. The van der Waals surface area contributed by atoms with E-state index in [0.29, 0.717) is 22.1 Å². The van der Waals surface area contributed by atoms with Crippen molar-refractivity contribution in [3.63, 3.8) is 0 Å². The molecule has 0 saturated carbocycles. The molecule has 0 aliphatic carbocycles. The monoisotopic (exact) mass is 504 g/mol. The highest BCUT2D eigenvalue weighted by Gasteiger charge is 2.16. The predicted molar refractivity (Wildman–Crippen MR) is 139 cm³/mol. The van der Waals surface area contributed by atoms with E-state index in [-0.39, 0.29) is 17.3 Å². The van der Waals surface area contributed by atoms with Crippen molar-refractivity contribution in [1.29, 1.82) is 0 Å². The highest BCUT2D eigenvalue weighted by molar-refractivity contribution is 7.89. The summed E-state index contributed by atoms with van der Waals surface area (Å²) in [5.74, 6) is -0.303. The summed E-state index contributed by atoms with van der Waals surface area (Å²) in [4.78, 5) is 13.3. The molecule has 4 aromatic rings. The molecule has 7 nitrogen and oxygen atoms in total. The van der Waals surface area contributed by atoms with E-state index in [1.807, 2.05) is 73.7 Å². The molecule has 0 bridgehead atoms. The van der Waals surface area contributed by atoms with Gasteiger partial charge < -0.3 is 0 Å². The number of hydrogen-bond acceptors (Lipinski definition) is 6. The van der Waals surface area contributed by atoms with Crippen LogP contribution >= 0.6 is 11.3 Å². The zero-order valence-electron chi connectivity index (χ0n) is 19.0. The minimum atomic E-state index is -3.60. The van der Waals surface area contributed by atoms with Crippen LogP contribution in [0, 0.1) is 6.92 Å². The minimum absolute atomic E-state index is 0.169. The summed E-state index contributed by atoms with van der Waals surface area (Å²) in [6.45, 7) is 2.07. The second kappa shape index (κ2) is 11.2. The van der Waals surface area contributed by atoms with Crippen LogP contribution in [0.4, 0.5) is 5.13 Å². The molecule has 0 saturated heterocycles. The molecule has 0 atom stereocenters. The van der Waals surface area contributed by atoms with Gasteiger partial charge in [-0.2, -0.15) is 0 Å². The Balaban J connectivity index is 1.41. The molecule has 4 rings (SSSR count). The Labute approximate surface area is 208 Å². The molecule has 0 aliphatic rings. The van der Waals surface area contributed by atoms with E-state index < -0.39 is 10.0 Å². The zero-order chi connectivity index (χ0) is 24.7. The molecule has 2 N–H and O–H groups in total. The smallest absolute Gasteiger partial charge is 0.258 e. The van der Waals surface area contributed by atoms with Gasteiger partial charge >= 0.3 is 0 Å². The molecule has 0 fully saturated rings. The fraction of sp³-hybridized carbons (Fsp3) is 0.115. The Hall–Kier alpha value is -3.66. The van der Waals surface area contributed by atoms with Crippen LogP contribution in [0.5, 0.6) is 0 Å². The number of nitrogens with zero attached hydrogens (tertiary/aromatic N) is 2. The van der Waals surface area contributed by atoms with Crippen LogP contribution in [0.15, 0.2) is 89.8 Å². The summed E-state index contributed by atoms with van der Waals surface area (Å²) in [5.41, 5.74) is 3.17. The van der Waals surface area contributed by atoms with Crippen LogP contribution in [-0.2, 0) is 21.2 Å². The quantitative estimate of drug-likeness (QED) is 0.257. The fourth-order valence-corrected chi connectivity index (χ4v) is 5.04. The van der Waals surface area contributed by atoms with Gasteiger partial charge in [-0.25, -0.2) is 13.1 Å². The molecule has 9 heteroatoms. The summed E-state index contributed by atoms with van der Waals surface area (Å²) >= 11 is 1.21. The molecule has 3 aromatic carbocycles. The molecule has 1 aromatic heterocycles. The van der Waals surface area contributed by atoms with E-state index in [1.54, 1.807) is 24.3 Å². The van der Waals surface area contributed by atoms with Crippen LogP contribution in [0.2, 0.25) is 0 Å². The van der Waals surface area contributed by atoms with Gasteiger partial charge in [0, 0.05) is 18.5 Å². The van der Waals surface area contributed by atoms with Gasteiger partial charge in [-0.1, -0.05) is 89.7 Å². The third kappa shape index (κ3) is 6.69. The predicted octanol–water partition coefficient (Wildman–Crippen LogP) is 4.55. The van der Waals surface area contributed by atoms with Gasteiger partial charge in [0.2, 0.25) is 15.2 Å². The Morgan fingerprint density at radius 2 is 1.57 bits per heavy atom. The van der Waals surface area contributed by atoms with Gasteiger partial charge in [-0.05, 0) is 36.3 Å². The number of amides is 1. The third-order valence-electron chi connectivity index (χ3n) is 5.09. The Morgan fingerprint density at radius 3 is 2.26 bits per heavy atom. The van der Waals surface area contributed by atoms with Gasteiger partial charge in [-0.3, -0.25) is 10.1 Å². The molecule has 0 radical (unpaired) electrons. The number of hydrogen-bond donors (Lipinski definition) is 2. The topological polar surface area (TPSA) is 101 Å². The molecule has 0 spiro atoms. The number of rotatable bonds is 9. The average molecular weight is 505 g/mol. The van der Waals surface area contributed by atoms with Crippen molar-refractivity contribution >= 4 is 44.0 Å². The maximum Gasteiger partial charge on any atom is 0.258 e. The normalized spacial score (nSPS) is 11.9. The number of carbonyl (C=O) groups excluding carboxylic acids is 1. The van der Waals surface area contributed by atoms with Crippen molar-refractivity contribution in [2.24, 2.45) is 0 Å². The number of carbonyl (C=O) groups is 1. The molecule has 1 heterocycles. The first kappa shape index (κ1) is 24.5. The van der Waals surface area contributed by atoms with Gasteiger partial charge in [0.25, 0.3) is 5.91 Å². The Bertz CT molecular complexity index is 1420.